The molecule has 0 aromatic heterocycles. The zero-order valence-corrected chi connectivity index (χ0v) is 12.4. The maximum atomic E-state index is 12.4. The molecular weight excluding hydrogens is 282 g/mol. The Bertz CT molecular complexity index is 556. The highest BCUT2D eigenvalue weighted by molar-refractivity contribution is 7.89. The van der Waals surface area contributed by atoms with Crippen molar-refractivity contribution in [3.8, 4) is 0 Å². The Kier molecular flexibility index (Phi) is 6.12. The average molecular weight is 301 g/mol. The summed E-state index contributed by atoms with van der Waals surface area (Å²) in [7, 11) is -3.70. The van der Waals surface area contributed by atoms with Gasteiger partial charge >= 0.3 is 5.97 Å². The summed E-state index contributed by atoms with van der Waals surface area (Å²) in [6, 6.07) is 5.34. The maximum Gasteiger partial charge on any atom is 0.335 e. The van der Waals surface area contributed by atoms with Crippen LogP contribution in [-0.2, 0) is 14.8 Å². The number of ether oxygens (including phenoxy) is 1. The van der Waals surface area contributed by atoms with E-state index in [1.54, 1.807) is 6.92 Å². The maximum absolute atomic E-state index is 12.4. The molecule has 0 bridgehead atoms. The second kappa shape index (κ2) is 7.37. The SMILES string of the molecule is CCOCCN(CC)S(=O)(=O)c1cccc(C(=O)O)c1. The zero-order valence-electron chi connectivity index (χ0n) is 11.6. The van der Waals surface area contributed by atoms with Gasteiger partial charge in [-0.3, -0.25) is 0 Å². The molecule has 0 aliphatic heterocycles. The number of rotatable bonds is 8. The summed E-state index contributed by atoms with van der Waals surface area (Å²) in [5, 5.41) is 8.92. The van der Waals surface area contributed by atoms with Gasteiger partial charge in [-0.15, -0.1) is 0 Å². The van der Waals surface area contributed by atoms with Crippen LogP contribution >= 0.6 is 0 Å². The van der Waals surface area contributed by atoms with Crippen LogP contribution < -0.4 is 0 Å². The van der Waals surface area contributed by atoms with Crippen LogP contribution in [0.3, 0.4) is 0 Å². The standard InChI is InChI=1S/C13H19NO5S/c1-3-14(8-9-19-4-2)20(17,18)12-7-5-6-11(10-12)13(15)16/h5-7,10H,3-4,8-9H2,1-2H3,(H,15,16). The third-order valence-corrected chi connectivity index (χ3v) is 4.73. The molecule has 0 unspecified atom stereocenters. The van der Waals surface area contributed by atoms with E-state index in [-0.39, 0.29) is 17.0 Å². The molecule has 1 N–H and O–H groups in total. The number of aromatic carboxylic acids is 1. The Labute approximate surface area is 119 Å². The van der Waals surface area contributed by atoms with Gasteiger partial charge in [0.1, 0.15) is 0 Å². The van der Waals surface area contributed by atoms with Crippen LogP contribution in [0.25, 0.3) is 0 Å². The minimum Gasteiger partial charge on any atom is -0.478 e. The second-order valence-corrected chi connectivity index (χ2v) is 5.96. The summed E-state index contributed by atoms with van der Waals surface area (Å²) in [5.41, 5.74) is -0.0491. The molecule has 0 radical (unpaired) electrons. The Morgan fingerprint density at radius 2 is 2.05 bits per heavy atom. The summed E-state index contributed by atoms with van der Waals surface area (Å²) in [6.45, 7) is 4.93. The number of sulfonamides is 1. The first kappa shape index (κ1) is 16.6. The van der Waals surface area contributed by atoms with Crippen molar-refractivity contribution in [2.24, 2.45) is 0 Å². The molecule has 1 rings (SSSR count). The van der Waals surface area contributed by atoms with E-state index in [9.17, 15) is 13.2 Å². The molecule has 0 fully saturated rings. The van der Waals surface area contributed by atoms with Crippen LogP contribution in [0.2, 0.25) is 0 Å². The lowest BCUT2D eigenvalue weighted by Crippen LogP contribution is -2.34. The van der Waals surface area contributed by atoms with Crippen molar-refractivity contribution < 1.29 is 23.1 Å². The first-order valence-electron chi connectivity index (χ1n) is 6.34. The van der Waals surface area contributed by atoms with Crippen molar-refractivity contribution in [1.82, 2.24) is 4.31 Å². The molecular formula is C13H19NO5S. The minimum atomic E-state index is -3.70. The predicted molar refractivity (Wildman–Crippen MR) is 74.3 cm³/mol. The third-order valence-electron chi connectivity index (χ3n) is 2.76. The Hall–Kier alpha value is -1.44. The normalized spacial score (nSPS) is 11.8. The van der Waals surface area contributed by atoms with E-state index in [4.69, 9.17) is 9.84 Å². The van der Waals surface area contributed by atoms with Crippen molar-refractivity contribution in [2.75, 3.05) is 26.3 Å². The van der Waals surface area contributed by atoms with E-state index in [0.717, 1.165) is 0 Å². The van der Waals surface area contributed by atoms with E-state index < -0.39 is 16.0 Å². The molecule has 6 nitrogen and oxygen atoms in total. The van der Waals surface area contributed by atoms with Crippen LogP contribution in [0.15, 0.2) is 29.2 Å². The molecule has 1 aromatic carbocycles. The fraction of sp³-hybridized carbons (Fsp3) is 0.462. The Morgan fingerprint density at radius 3 is 2.60 bits per heavy atom. The third kappa shape index (κ3) is 4.03. The van der Waals surface area contributed by atoms with Gasteiger partial charge in [-0.05, 0) is 25.1 Å². The number of nitrogens with zero attached hydrogens (tertiary/aromatic N) is 1. The number of hydrogen-bond donors (Lipinski definition) is 1. The molecule has 0 spiro atoms. The van der Waals surface area contributed by atoms with Gasteiger partial charge in [0, 0.05) is 19.7 Å². The number of carbonyl (C=O) groups is 1. The van der Waals surface area contributed by atoms with Gasteiger partial charge in [-0.25, -0.2) is 13.2 Å². The van der Waals surface area contributed by atoms with E-state index >= 15 is 0 Å². The van der Waals surface area contributed by atoms with Gasteiger partial charge in [0.25, 0.3) is 0 Å². The van der Waals surface area contributed by atoms with E-state index in [1.807, 2.05) is 6.92 Å². The summed E-state index contributed by atoms with van der Waals surface area (Å²) >= 11 is 0. The quantitative estimate of drug-likeness (QED) is 0.734. The number of hydrogen-bond acceptors (Lipinski definition) is 4. The van der Waals surface area contributed by atoms with Gasteiger partial charge in [-0.2, -0.15) is 4.31 Å². The molecule has 0 aliphatic rings. The summed E-state index contributed by atoms with van der Waals surface area (Å²) < 4.78 is 31.2. The summed E-state index contributed by atoms with van der Waals surface area (Å²) in [5.74, 6) is -1.15. The van der Waals surface area contributed by atoms with Crippen molar-refractivity contribution in [3.05, 3.63) is 29.8 Å². The lowest BCUT2D eigenvalue weighted by atomic mass is 10.2. The number of benzene rings is 1. The van der Waals surface area contributed by atoms with Crippen LogP contribution in [0, 0.1) is 0 Å². The fourth-order valence-corrected chi connectivity index (χ4v) is 3.18. The van der Waals surface area contributed by atoms with Gasteiger partial charge in [0.2, 0.25) is 10.0 Å². The largest absolute Gasteiger partial charge is 0.478 e. The minimum absolute atomic E-state index is 0.0178. The number of likely N-dealkylation sites (N-methyl/N-ethyl adjacent to an activating group) is 1. The fourth-order valence-electron chi connectivity index (χ4n) is 1.70. The number of carboxylic acid groups (broad SMARTS) is 1. The smallest absolute Gasteiger partial charge is 0.335 e. The summed E-state index contributed by atoms with van der Waals surface area (Å²) in [6.07, 6.45) is 0. The highest BCUT2D eigenvalue weighted by Crippen LogP contribution is 2.17. The van der Waals surface area contributed by atoms with Crippen molar-refractivity contribution in [1.29, 1.82) is 0 Å². The van der Waals surface area contributed by atoms with E-state index in [1.165, 1.54) is 28.6 Å². The molecule has 7 heteroatoms. The van der Waals surface area contributed by atoms with Crippen LogP contribution in [0.1, 0.15) is 24.2 Å². The van der Waals surface area contributed by atoms with Crippen LogP contribution in [0.5, 0.6) is 0 Å². The van der Waals surface area contributed by atoms with Crippen molar-refractivity contribution in [3.63, 3.8) is 0 Å². The lowest BCUT2D eigenvalue weighted by molar-refractivity contribution is 0.0696. The van der Waals surface area contributed by atoms with E-state index in [0.29, 0.717) is 19.8 Å². The van der Waals surface area contributed by atoms with Gasteiger partial charge in [-0.1, -0.05) is 13.0 Å². The topological polar surface area (TPSA) is 83.9 Å². The molecule has 0 saturated heterocycles. The first-order valence-corrected chi connectivity index (χ1v) is 7.78. The molecule has 0 atom stereocenters. The van der Waals surface area contributed by atoms with Crippen LogP contribution in [-0.4, -0.2) is 50.1 Å². The molecule has 0 heterocycles. The second-order valence-electron chi connectivity index (χ2n) is 4.03. The highest BCUT2D eigenvalue weighted by Gasteiger charge is 2.23. The molecule has 1 aromatic rings. The van der Waals surface area contributed by atoms with Crippen molar-refractivity contribution >= 4 is 16.0 Å². The zero-order chi connectivity index (χ0) is 15.2. The van der Waals surface area contributed by atoms with Gasteiger partial charge in [0.05, 0.1) is 17.1 Å². The summed E-state index contributed by atoms with van der Waals surface area (Å²) in [4.78, 5) is 10.9. The Morgan fingerprint density at radius 1 is 1.35 bits per heavy atom. The number of carboxylic acids is 1. The molecule has 0 saturated carbocycles. The molecule has 112 valence electrons. The van der Waals surface area contributed by atoms with Crippen molar-refractivity contribution in [2.45, 2.75) is 18.7 Å². The predicted octanol–water partition coefficient (Wildman–Crippen LogP) is 1.43. The van der Waals surface area contributed by atoms with E-state index in [2.05, 4.69) is 0 Å². The first-order chi connectivity index (χ1) is 9.43. The average Bonchev–Trinajstić information content (AvgIpc) is 2.43. The monoisotopic (exact) mass is 301 g/mol. The molecule has 20 heavy (non-hydrogen) atoms. The molecule has 0 aliphatic carbocycles. The highest BCUT2D eigenvalue weighted by atomic mass is 32.2. The van der Waals surface area contributed by atoms with Crippen LogP contribution in [0.4, 0.5) is 0 Å². The van der Waals surface area contributed by atoms with Gasteiger partial charge in [0.15, 0.2) is 0 Å². The lowest BCUT2D eigenvalue weighted by Gasteiger charge is -2.20. The Balaban J connectivity index is 3.01. The van der Waals surface area contributed by atoms with Gasteiger partial charge < -0.3 is 9.84 Å². The molecule has 0 amide bonds.